The van der Waals surface area contributed by atoms with Gasteiger partial charge in [0.2, 0.25) is 0 Å². The molecule has 0 amide bonds. The zero-order valence-electron chi connectivity index (χ0n) is 17.9. The molecule has 1 aromatic rings. The maximum Gasteiger partial charge on any atom is 0.191 e. The van der Waals surface area contributed by atoms with Gasteiger partial charge < -0.3 is 25.0 Å². The summed E-state index contributed by atoms with van der Waals surface area (Å²) in [7, 11) is 5.68. The Bertz CT molecular complexity index is 639. The molecule has 0 spiro atoms. The van der Waals surface area contributed by atoms with Crippen molar-refractivity contribution in [2.75, 3.05) is 67.1 Å². The Morgan fingerprint density at radius 2 is 2.07 bits per heavy atom. The van der Waals surface area contributed by atoms with Crippen molar-refractivity contribution in [1.29, 1.82) is 0 Å². The van der Waals surface area contributed by atoms with Gasteiger partial charge in [0.1, 0.15) is 5.75 Å². The number of likely N-dealkylation sites (tertiary alicyclic amines) is 1. The second kappa shape index (κ2) is 12.6. The number of guanidine groups is 1. The Morgan fingerprint density at radius 1 is 1.28 bits per heavy atom. The van der Waals surface area contributed by atoms with Crippen LogP contribution in [0.3, 0.4) is 0 Å². The van der Waals surface area contributed by atoms with Crippen molar-refractivity contribution < 1.29 is 9.47 Å². The van der Waals surface area contributed by atoms with Gasteiger partial charge in [0.25, 0.3) is 0 Å². The Kier molecular flexibility index (Phi) is 10.5. The van der Waals surface area contributed by atoms with E-state index in [9.17, 15) is 0 Å². The Labute approximate surface area is 192 Å². The van der Waals surface area contributed by atoms with Crippen LogP contribution >= 0.6 is 24.0 Å². The van der Waals surface area contributed by atoms with Crippen LogP contribution in [-0.4, -0.2) is 88.9 Å². The summed E-state index contributed by atoms with van der Waals surface area (Å²) >= 11 is 0. The predicted molar refractivity (Wildman–Crippen MR) is 129 cm³/mol. The van der Waals surface area contributed by atoms with E-state index in [1.165, 1.54) is 18.4 Å². The van der Waals surface area contributed by atoms with E-state index in [-0.39, 0.29) is 30.1 Å². The summed E-state index contributed by atoms with van der Waals surface area (Å²) in [6, 6.07) is 8.70. The fourth-order valence-electron chi connectivity index (χ4n) is 3.97. The lowest BCUT2D eigenvalue weighted by molar-refractivity contribution is -0.0161. The van der Waals surface area contributed by atoms with Crippen molar-refractivity contribution in [3.63, 3.8) is 0 Å². The van der Waals surface area contributed by atoms with E-state index in [0.29, 0.717) is 6.04 Å². The molecular weight excluding hydrogens is 481 g/mol. The van der Waals surface area contributed by atoms with Crippen LogP contribution in [0.5, 0.6) is 5.75 Å². The predicted octanol–water partition coefficient (Wildman–Crippen LogP) is 1.95. The quantitative estimate of drug-likeness (QED) is 0.328. The molecule has 29 heavy (non-hydrogen) atoms. The van der Waals surface area contributed by atoms with E-state index in [0.717, 1.165) is 57.6 Å². The van der Waals surface area contributed by atoms with E-state index in [2.05, 4.69) is 50.7 Å². The van der Waals surface area contributed by atoms with E-state index in [1.807, 2.05) is 13.1 Å². The third kappa shape index (κ3) is 7.27. The van der Waals surface area contributed by atoms with E-state index in [1.54, 1.807) is 7.11 Å². The highest BCUT2D eigenvalue weighted by molar-refractivity contribution is 14.0. The molecule has 0 bridgehead atoms. The largest absolute Gasteiger partial charge is 0.497 e. The van der Waals surface area contributed by atoms with Crippen molar-refractivity contribution in [1.82, 2.24) is 20.4 Å². The van der Waals surface area contributed by atoms with Gasteiger partial charge in [0.05, 0.1) is 25.9 Å². The van der Waals surface area contributed by atoms with Gasteiger partial charge in [-0.3, -0.25) is 9.89 Å². The van der Waals surface area contributed by atoms with Crippen molar-refractivity contribution in [3.05, 3.63) is 29.8 Å². The molecular formula is C21H36IN5O2. The fourth-order valence-corrected chi connectivity index (χ4v) is 3.97. The lowest BCUT2D eigenvalue weighted by Gasteiger charge is -2.31. The molecule has 2 unspecified atom stereocenters. The molecule has 2 aliphatic rings. The summed E-state index contributed by atoms with van der Waals surface area (Å²) in [5.74, 6) is 1.73. The maximum absolute atomic E-state index is 5.84. The molecule has 2 atom stereocenters. The molecule has 0 aromatic heterocycles. The summed E-state index contributed by atoms with van der Waals surface area (Å²) in [6.07, 6.45) is 2.73. The molecule has 2 saturated heterocycles. The van der Waals surface area contributed by atoms with Gasteiger partial charge in [-0.2, -0.15) is 0 Å². The minimum absolute atomic E-state index is 0. The number of hydrogen-bond donors (Lipinski definition) is 2. The number of rotatable bonds is 7. The molecule has 0 aliphatic carbocycles. The number of aliphatic imine (C=N–C) groups is 1. The highest BCUT2D eigenvalue weighted by atomic mass is 127. The second-order valence-electron chi connectivity index (χ2n) is 7.62. The summed E-state index contributed by atoms with van der Waals surface area (Å²) < 4.78 is 11.3. The van der Waals surface area contributed by atoms with E-state index >= 15 is 0 Å². The molecule has 0 saturated carbocycles. The monoisotopic (exact) mass is 517 g/mol. The van der Waals surface area contributed by atoms with Gasteiger partial charge in [-0.1, -0.05) is 12.1 Å². The normalized spacial score (nSPS) is 22.0. The smallest absolute Gasteiger partial charge is 0.191 e. The minimum atomic E-state index is 0. The summed E-state index contributed by atoms with van der Waals surface area (Å²) in [5, 5.41) is 6.94. The molecule has 0 radical (unpaired) electrons. The third-order valence-electron chi connectivity index (χ3n) is 5.59. The zero-order valence-corrected chi connectivity index (χ0v) is 20.2. The molecule has 2 aliphatic heterocycles. The molecule has 164 valence electrons. The summed E-state index contributed by atoms with van der Waals surface area (Å²) in [6.45, 7) is 6.58. The molecule has 3 rings (SSSR count). The van der Waals surface area contributed by atoms with Crippen LogP contribution in [0.2, 0.25) is 0 Å². The highest BCUT2D eigenvalue weighted by Crippen LogP contribution is 2.27. The van der Waals surface area contributed by atoms with Crippen molar-refractivity contribution >= 4 is 29.9 Å². The summed E-state index contributed by atoms with van der Waals surface area (Å²) in [4.78, 5) is 9.25. The van der Waals surface area contributed by atoms with Gasteiger partial charge in [-0.15, -0.1) is 24.0 Å². The number of morpholine rings is 1. The number of nitrogens with zero attached hydrogens (tertiary/aromatic N) is 3. The fraction of sp³-hybridized carbons (Fsp3) is 0.667. The van der Waals surface area contributed by atoms with Gasteiger partial charge in [-0.05, 0) is 50.7 Å². The SMILES string of the molecule is CN=C(NCC1CN(C)CCO1)NCC(c1cccc(OC)c1)N1CCCC1.I. The molecule has 1 aromatic carbocycles. The van der Waals surface area contributed by atoms with Crippen molar-refractivity contribution in [3.8, 4) is 5.75 Å². The Hall–Kier alpha value is -1.10. The number of likely N-dealkylation sites (N-methyl/N-ethyl adjacent to an activating group) is 1. The van der Waals surface area contributed by atoms with Crippen molar-refractivity contribution in [2.24, 2.45) is 4.99 Å². The highest BCUT2D eigenvalue weighted by Gasteiger charge is 2.24. The Balaban J connectivity index is 0.00000300. The third-order valence-corrected chi connectivity index (χ3v) is 5.59. The molecule has 2 fully saturated rings. The average Bonchev–Trinajstić information content (AvgIpc) is 3.25. The Morgan fingerprint density at radius 3 is 2.76 bits per heavy atom. The lowest BCUT2D eigenvalue weighted by atomic mass is 10.1. The number of ether oxygens (including phenoxy) is 2. The number of halogens is 1. The lowest BCUT2D eigenvalue weighted by Crippen LogP contribution is -2.49. The number of benzene rings is 1. The standard InChI is InChI=1S/C21H35N5O2.HI/c1-22-21(23-14-19-16-25(2)11-12-28-19)24-15-20(26-9-4-5-10-26)17-7-6-8-18(13-17)27-3;/h6-8,13,19-20H,4-5,9-12,14-16H2,1-3H3,(H2,22,23,24);1H. The maximum atomic E-state index is 5.84. The second-order valence-corrected chi connectivity index (χ2v) is 7.62. The van der Waals surface area contributed by atoms with Crippen molar-refractivity contribution in [2.45, 2.75) is 25.0 Å². The average molecular weight is 517 g/mol. The van der Waals surface area contributed by atoms with Crippen LogP contribution < -0.4 is 15.4 Å². The van der Waals surface area contributed by atoms with Crippen LogP contribution in [0.4, 0.5) is 0 Å². The molecule has 2 heterocycles. The van der Waals surface area contributed by atoms with E-state index < -0.39 is 0 Å². The van der Waals surface area contributed by atoms with Crippen LogP contribution in [0.15, 0.2) is 29.3 Å². The minimum Gasteiger partial charge on any atom is -0.497 e. The summed E-state index contributed by atoms with van der Waals surface area (Å²) in [5.41, 5.74) is 1.28. The first-order valence-corrected chi connectivity index (χ1v) is 10.3. The molecule has 2 N–H and O–H groups in total. The van der Waals surface area contributed by atoms with Gasteiger partial charge >= 0.3 is 0 Å². The van der Waals surface area contributed by atoms with Gasteiger partial charge in [0, 0.05) is 33.2 Å². The first-order chi connectivity index (χ1) is 13.7. The zero-order chi connectivity index (χ0) is 19.8. The molecule has 7 nitrogen and oxygen atoms in total. The van der Waals surface area contributed by atoms with Gasteiger partial charge in [-0.25, -0.2) is 0 Å². The van der Waals surface area contributed by atoms with E-state index in [4.69, 9.17) is 9.47 Å². The number of hydrogen-bond acceptors (Lipinski definition) is 5. The molecule has 8 heteroatoms. The van der Waals surface area contributed by atoms with Crippen LogP contribution in [0.1, 0.15) is 24.4 Å². The first kappa shape index (κ1) is 24.2. The van der Waals surface area contributed by atoms with Gasteiger partial charge in [0.15, 0.2) is 5.96 Å². The topological polar surface area (TPSA) is 61.4 Å². The van der Waals surface area contributed by atoms with Crippen LogP contribution in [0.25, 0.3) is 0 Å². The number of methoxy groups -OCH3 is 1. The number of nitrogens with one attached hydrogen (secondary N) is 2. The first-order valence-electron chi connectivity index (χ1n) is 10.3. The van der Waals surface area contributed by atoms with Crippen LogP contribution in [0, 0.1) is 0 Å². The van der Waals surface area contributed by atoms with Crippen LogP contribution in [-0.2, 0) is 4.74 Å².